The number of nitrogens with zero attached hydrogens (tertiary/aromatic N) is 3. The molecule has 2 aromatic heterocycles. The number of hydrogen-bond acceptors (Lipinski definition) is 6. The molecule has 0 bridgehead atoms. The van der Waals surface area contributed by atoms with Gasteiger partial charge >= 0.3 is 29.4 Å². The van der Waals surface area contributed by atoms with Gasteiger partial charge in [-0.25, -0.2) is 17.6 Å². The second kappa shape index (κ2) is 8.88. The Labute approximate surface area is 230 Å². The Bertz CT molecular complexity index is 2000. The van der Waals surface area contributed by atoms with Crippen LogP contribution in [-0.4, -0.2) is 56.8 Å². The van der Waals surface area contributed by atoms with Crippen molar-refractivity contribution in [3.63, 3.8) is 0 Å². The van der Waals surface area contributed by atoms with Crippen LogP contribution in [0.2, 0.25) is 5.02 Å². The molecule has 20 heteroatoms. The van der Waals surface area contributed by atoms with Crippen LogP contribution in [0.25, 0.3) is 21.8 Å². The lowest BCUT2D eigenvalue weighted by Crippen LogP contribution is -2.51. The van der Waals surface area contributed by atoms with Crippen molar-refractivity contribution < 1.29 is 53.1 Å². The molecule has 2 aromatic carbocycles. The number of benzene rings is 2. The highest BCUT2D eigenvalue weighted by atomic mass is 35.5. The highest BCUT2D eigenvalue weighted by Crippen LogP contribution is 2.66. The van der Waals surface area contributed by atoms with Crippen molar-refractivity contribution in [3.05, 3.63) is 62.1 Å². The van der Waals surface area contributed by atoms with Crippen LogP contribution in [0.3, 0.4) is 0 Å². The molecule has 0 radical (unpaired) electrons. The van der Waals surface area contributed by atoms with Gasteiger partial charge in [0.1, 0.15) is 11.7 Å². The summed E-state index contributed by atoms with van der Waals surface area (Å²) in [6, 6.07) is 2.86. The third kappa shape index (κ3) is 3.71. The zero-order chi connectivity index (χ0) is 31.4. The maximum Gasteiger partial charge on any atom is 0.378 e. The summed E-state index contributed by atoms with van der Waals surface area (Å²) >= 11 is 5.91. The van der Waals surface area contributed by atoms with Crippen LogP contribution in [0.1, 0.15) is 6.42 Å². The first kappa shape index (κ1) is 29.7. The summed E-state index contributed by atoms with van der Waals surface area (Å²) in [5, 5.41) is 11.6. The second-order valence-corrected chi connectivity index (χ2v) is 11.6. The van der Waals surface area contributed by atoms with E-state index in [4.69, 9.17) is 11.6 Å². The first-order valence-electron chi connectivity index (χ1n) is 11.3. The molecule has 0 atom stereocenters. The number of fused-ring (bicyclic) bond motifs is 2. The molecule has 0 saturated heterocycles. The van der Waals surface area contributed by atoms with Gasteiger partial charge in [0.2, 0.25) is 9.84 Å². The number of aryl methyl sites for hydroxylation is 1. The molecule has 9 nitrogen and oxygen atoms in total. The number of halogens is 10. The molecule has 0 unspecified atom stereocenters. The average Bonchev–Trinajstić information content (AvgIpc) is 3.32. The minimum atomic E-state index is -6.39. The zero-order valence-corrected chi connectivity index (χ0v) is 21.6. The number of aromatic amines is 1. The summed E-state index contributed by atoms with van der Waals surface area (Å²) in [6.45, 7) is -1.18. The largest absolute Gasteiger partial charge is 0.421 e. The van der Waals surface area contributed by atoms with Gasteiger partial charge in [-0.3, -0.25) is 9.48 Å². The van der Waals surface area contributed by atoms with E-state index in [1.165, 1.54) is 0 Å². The van der Waals surface area contributed by atoms with Gasteiger partial charge < -0.3 is 10.2 Å². The van der Waals surface area contributed by atoms with Gasteiger partial charge in [-0.15, -0.1) is 0 Å². The molecule has 1 fully saturated rings. The van der Waals surface area contributed by atoms with E-state index in [9.17, 15) is 62.7 Å². The number of H-pyrrole nitrogens is 1. The second-order valence-electron chi connectivity index (χ2n) is 9.29. The molecule has 1 aliphatic carbocycles. The predicted molar refractivity (Wildman–Crippen MR) is 124 cm³/mol. The summed E-state index contributed by atoms with van der Waals surface area (Å²) in [5.74, 6) is -29.7. The molecule has 4 aromatic rings. The maximum absolute atomic E-state index is 14.9. The fourth-order valence-electron chi connectivity index (χ4n) is 4.74. The highest BCUT2D eigenvalue weighted by molar-refractivity contribution is 7.91. The molecular formula is C22H12ClF9N4O5S. The average molecular weight is 651 g/mol. The topological polar surface area (TPSA) is 127 Å². The standard InChI is InChI=1S/C22H12ClF9N4O5S/c23-10-1-2-13(16-15(10)17(37)36(39)18(38)34-16)42(40,41)8-5-11(24)9-7-33-35(12(9)6-8)4-3-14-19(25,26)21(29,30)22(31,32)20(14,27)28/h1-2,5-7,14,39H,3-4H2,(H,34,38). The summed E-state index contributed by atoms with van der Waals surface area (Å²) < 4.78 is 153. The SMILES string of the molecule is O=c1[nH]c2c(S(=O)(=O)c3cc(F)c4cnn(CCC5C(F)(F)C(F)(F)C(F)(F)C5(F)F)c4c3)ccc(Cl)c2c(=O)n1O. The van der Waals surface area contributed by atoms with Crippen LogP contribution >= 0.6 is 11.6 Å². The van der Waals surface area contributed by atoms with Crippen LogP contribution in [0.15, 0.2) is 49.8 Å². The van der Waals surface area contributed by atoms with Crippen molar-refractivity contribution in [1.82, 2.24) is 19.5 Å². The lowest BCUT2D eigenvalue weighted by Gasteiger charge is -2.23. The van der Waals surface area contributed by atoms with Gasteiger partial charge in [-0.05, 0) is 30.7 Å². The smallest absolute Gasteiger partial charge is 0.378 e. The van der Waals surface area contributed by atoms with Crippen molar-refractivity contribution in [1.29, 1.82) is 0 Å². The van der Waals surface area contributed by atoms with E-state index in [1.807, 2.05) is 4.98 Å². The molecule has 0 spiro atoms. The van der Waals surface area contributed by atoms with E-state index in [0.717, 1.165) is 12.1 Å². The minimum absolute atomic E-state index is 0.391. The van der Waals surface area contributed by atoms with Crippen molar-refractivity contribution in [2.24, 2.45) is 5.92 Å². The summed E-state index contributed by atoms with van der Waals surface area (Å²) in [5.41, 5.74) is -4.12. The Hall–Kier alpha value is -3.74. The van der Waals surface area contributed by atoms with E-state index in [-0.39, 0.29) is 0 Å². The Morgan fingerprint density at radius 1 is 1.00 bits per heavy atom. The van der Waals surface area contributed by atoms with Gasteiger partial charge in [0.05, 0.1) is 42.8 Å². The molecule has 1 aliphatic rings. The lowest BCUT2D eigenvalue weighted by molar-refractivity contribution is -0.303. The minimum Gasteiger partial charge on any atom is -0.421 e. The Kier molecular flexibility index (Phi) is 6.29. The number of aromatic nitrogens is 4. The number of alkyl halides is 8. The van der Waals surface area contributed by atoms with Gasteiger partial charge in [-0.2, -0.15) is 40.2 Å². The number of hydrogen-bond donors (Lipinski definition) is 2. The maximum atomic E-state index is 14.9. The van der Waals surface area contributed by atoms with Crippen LogP contribution in [0, 0.1) is 11.7 Å². The third-order valence-electron chi connectivity index (χ3n) is 6.97. The molecule has 226 valence electrons. The number of rotatable bonds is 5. The van der Waals surface area contributed by atoms with E-state index in [0.29, 0.717) is 23.0 Å². The van der Waals surface area contributed by atoms with Crippen molar-refractivity contribution in [3.8, 4) is 0 Å². The van der Waals surface area contributed by atoms with Gasteiger partial charge in [0, 0.05) is 6.54 Å². The molecule has 0 aliphatic heterocycles. The van der Waals surface area contributed by atoms with Crippen LogP contribution in [0.5, 0.6) is 0 Å². The molecule has 2 heterocycles. The number of sulfone groups is 1. The Morgan fingerprint density at radius 2 is 1.60 bits per heavy atom. The van der Waals surface area contributed by atoms with E-state index >= 15 is 0 Å². The fourth-order valence-corrected chi connectivity index (χ4v) is 6.43. The van der Waals surface area contributed by atoms with E-state index < -0.39 is 111 Å². The van der Waals surface area contributed by atoms with Crippen molar-refractivity contribution in [2.45, 2.75) is 46.4 Å². The highest BCUT2D eigenvalue weighted by Gasteiger charge is 2.92. The molecule has 5 rings (SSSR count). The molecular weight excluding hydrogens is 639 g/mol. The monoisotopic (exact) mass is 650 g/mol. The van der Waals surface area contributed by atoms with Crippen LogP contribution in [0.4, 0.5) is 39.5 Å². The molecule has 1 saturated carbocycles. The summed E-state index contributed by atoms with van der Waals surface area (Å²) in [7, 11) is -4.91. The van der Waals surface area contributed by atoms with Crippen molar-refractivity contribution >= 4 is 43.2 Å². The zero-order valence-electron chi connectivity index (χ0n) is 20.0. The number of nitrogens with one attached hydrogen (secondary N) is 1. The molecule has 42 heavy (non-hydrogen) atoms. The normalized spacial score (nSPS) is 19.6. The van der Waals surface area contributed by atoms with E-state index in [1.54, 1.807) is 0 Å². The van der Waals surface area contributed by atoms with Crippen LogP contribution < -0.4 is 11.2 Å². The van der Waals surface area contributed by atoms with Gasteiger partial charge in [0.25, 0.3) is 5.56 Å². The first-order valence-corrected chi connectivity index (χ1v) is 13.1. The fraction of sp³-hybridized carbons (Fsp3) is 0.318. The quantitative estimate of drug-likeness (QED) is 0.243. The lowest BCUT2D eigenvalue weighted by atomic mass is 9.97. The Balaban J connectivity index is 1.60. The molecule has 2 N–H and O–H groups in total. The Morgan fingerprint density at radius 3 is 2.19 bits per heavy atom. The first-order chi connectivity index (χ1) is 19.2. The summed E-state index contributed by atoms with van der Waals surface area (Å²) in [4.78, 5) is 24.4. The van der Waals surface area contributed by atoms with Gasteiger partial charge in [0.15, 0.2) is 0 Å². The van der Waals surface area contributed by atoms with E-state index in [2.05, 4.69) is 5.10 Å². The third-order valence-corrected chi connectivity index (χ3v) is 9.06. The van der Waals surface area contributed by atoms with Crippen LogP contribution in [-0.2, 0) is 16.4 Å². The van der Waals surface area contributed by atoms with Crippen molar-refractivity contribution in [2.75, 3.05) is 0 Å². The molecule has 0 amide bonds. The predicted octanol–water partition coefficient (Wildman–Crippen LogP) is 4.46. The summed E-state index contributed by atoms with van der Waals surface area (Å²) in [6.07, 6.45) is -0.995. The van der Waals surface area contributed by atoms with Gasteiger partial charge in [-0.1, -0.05) is 16.3 Å².